The number of nitrogens with zero attached hydrogens (tertiary/aromatic N) is 4. The maximum Gasteiger partial charge on any atom is 0.348 e. The molecule has 2 aliphatic rings. The highest BCUT2D eigenvalue weighted by Crippen LogP contribution is 2.47. The van der Waals surface area contributed by atoms with Crippen LogP contribution in [0.3, 0.4) is 0 Å². The van der Waals surface area contributed by atoms with Crippen LogP contribution < -0.4 is 21.6 Å². The maximum atomic E-state index is 13.9. The Kier molecular flexibility index (Phi) is 9.65. The summed E-state index contributed by atoms with van der Waals surface area (Å²) < 4.78 is 15.0. The van der Waals surface area contributed by atoms with Crippen LogP contribution in [0.2, 0.25) is 0 Å². The highest BCUT2D eigenvalue weighted by atomic mass is 19.1. The van der Waals surface area contributed by atoms with Crippen molar-refractivity contribution < 1.29 is 18.8 Å². The summed E-state index contributed by atoms with van der Waals surface area (Å²) in [5.41, 5.74) is 2.95. The molecule has 0 spiro atoms. The molecule has 4 aromatic rings. The average molecular weight is 679 g/mol. The van der Waals surface area contributed by atoms with Gasteiger partial charge in [0.1, 0.15) is 17.7 Å². The molecule has 1 aromatic heterocycles. The number of nitriles is 1. The number of H-pyrrole nitrogens is 1. The van der Waals surface area contributed by atoms with Crippen molar-refractivity contribution in [1.82, 2.24) is 35.6 Å². The Morgan fingerprint density at radius 3 is 2.16 bits per heavy atom. The fourth-order valence-electron chi connectivity index (χ4n) is 7.36. The molecule has 13 heteroatoms. The third-order valence-corrected chi connectivity index (χ3v) is 9.80. The minimum absolute atomic E-state index is 0.000892. The van der Waals surface area contributed by atoms with Gasteiger partial charge in [-0.05, 0) is 110 Å². The molecule has 1 aliphatic carbocycles. The van der Waals surface area contributed by atoms with Gasteiger partial charge in [-0.15, -0.1) is 5.10 Å². The van der Waals surface area contributed by atoms with E-state index in [2.05, 4.69) is 27.0 Å². The van der Waals surface area contributed by atoms with Crippen molar-refractivity contribution in [2.24, 2.45) is 0 Å². The van der Waals surface area contributed by atoms with Crippen LogP contribution in [0.15, 0.2) is 65.5 Å². The van der Waals surface area contributed by atoms with E-state index < -0.39 is 23.0 Å². The van der Waals surface area contributed by atoms with Gasteiger partial charge in [-0.2, -0.15) is 9.94 Å². The zero-order valence-corrected chi connectivity index (χ0v) is 28.2. The Hall–Kier alpha value is -5.61. The van der Waals surface area contributed by atoms with Gasteiger partial charge in [-0.1, -0.05) is 12.1 Å². The monoisotopic (exact) mass is 678 g/mol. The Morgan fingerprint density at radius 1 is 1.00 bits per heavy atom. The summed E-state index contributed by atoms with van der Waals surface area (Å²) in [6, 6.07) is 17.8. The lowest BCUT2D eigenvalue weighted by atomic mass is 9.67. The first-order valence-electron chi connectivity index (χ1n) is 16.7. The molecule has 6 rings (SSSR count). The maximum absolute atomic E-state index is 13.9. The molecule has 1 fully saturated rings. The van der Waals surface area contributed by atoms with E-state index >= 15 is 0 Å². The number of nitrogens with one attached hydrogen (secondary N) is 4. The minimum Gasteiger partial charge on any atom is -0.355 e. The van der Waals surface area contributed by atoms with Gasteiger partial charge in [0.2, 0.25) is 5.91 Å². The van der Waals surface area contributed by atoms with Crippen LogP contribution in [0.5, 0.6) is 0 Å². The molecule has 1 saturated heterocycles. The lowest BCUT2D eigenvalue weighted by Gasteiger charge is -2.37. The van der Waals surface area contributed by atoms with Gasteiger partial charge in [0.25, 0.3) is 11.8 Å². The number of amides is 3. The highest BCUT2D eigenvalue weighted by Gasteiger charge is 2.45. The molecule has 258 valence electrons. The van der Waals surface area contributed by atoms with Crippen molar-refractivity contribution in [3.05, 3.63) is 116 Å². The van der Waals surface area contributed by atoms with Crippen molar-refractivity contribution in [2.75, 3.05) is 27.2 Å². The summed E-state index contributed by atoms with van der Waals surface area (Å²) in [4.78, 5) is 57.1. The van der Waals surface area contributed by atoms with Gasteiger partial charge in [0.15, 0.2) is 0 Å². The largest absolute Gasteiger partial charge is 0.355 e. The normalized spacial score (nSPS) is 16.8. The van der Waals surface area contributed by atoms with Crippen molar-refractivity contribution in [1.29, 1.82) is 5.26 Å². The zero-order valence-electron chi connectivity index (χ0n) is 28.2. The van der Waals surface area contributed by atoms with Crippen LogP contribution in [0.25, 0.3) is 5.69 Å². The zero-order chi connectivity index (χ0) is 35.6. The van der Waals surface area contributed by atoms with Gasteiger partial charge in [-0.25, -0.2) is 9.18 Å². The van der Waals surface area contributed by atoms with E-state index in [4.69, 9.17) is 5.10 Å². The van der Waals surface area contributed by atoms with Crippen LogP contribution in [0, 0.1) is 17.1 Å². The molecule has 0 radical (unpaired) electrons. The number of fused-ring (bicyclic) bond motifs is 2. The summed E-state index contributed by atoms with van der Waals surface area (Å²) >= 11 is 0. The number of likely N-dealkylation sites (tertiary alicyclic amines) is 1. The van der Waals surface area contributed by atoms with E-state index in [1.807, 2.05) is 31.2 Å². The van der Waals surface area contributed by atoms with E-state index in [0.717, 1.165) is 28.7 Å². The third kappa shape index (κ3) is 6.30. The third-order valence-electron chi connectivity index (χ3n) is 9.80. The standard InChI is InChI=1S/C37H39FN8O4/c1-22(42-21-32(47)45-16-4-5-29(45)20-39)19-37(35-43-36(50)46(44-35)28-12-10-27(38)11-13-28)30-14-8-25(33(48)40-2)17-23(30)6-7-24-18-26(34(49)41-3)9-15-31(24)37/h8-15,17-18,22,29,42H,4-7,16,19,21H2,1-3H3,(H,40,48)(H,41,49)(H,43,44,50)/t22-,29+/m1/s1. The second-order valence-electron chi connectivity index (χ2n) is 12.8. The highest BCUT2D eigenvalue weighted by molar-refractivity contribution is 5.95. The molecule has 4 N–H and O–H groups in total. The molecular formula is C37H39FN8O4. The molecule has 50 heavy (non-hydrogen) atoms. The quantitative estimate of drug-likeness (QED) is 0.211. The van der Waals surface area contributed by atoms with Crippen LogP contribution in [0.1, 0.15) is 75.0 Å². The lowest BCUT2D eigenvalue weighted by molar-refractivity contribution is -0.130. The number of hydrogen-bond donors (Lipinski definition) is 4. The Bertz CT molecular complexity index is 1980. The Morgan fingerprint density at radius 2 is 1.60 bits per heavy atom. The van der Waals surface area contributed by atoms with Gasteiger partial charge in [0, 0.05) is 37.8 Å². The number of carbonyl (C=O) groups is 3. The first kappa shape index (κ1) is 34.3. The first-order valence-corrected chi connectivity index (χ1v) is 16.7. The van der Waals surface area contributed by atoms with Crippen LogP contribution >= 0.6 is 0 Å². The molecule has 0 saturated carbocycles. The molecule has 1 aliphatic heterocycles. The number of rotatable bonds is 9. The van der Waals surface area contributed by atoms with Gasteiger partial charge in [0.05, 0.1) is 23.7 Å². The van der Waals surface area contributed by atoms with Gasteiger partial charge < -0.3 is 20.9 Å². The minimum atomic E-state index is -1.15. The smallest absolute Gasteiger partial charge is 0.348 e. The van der Waals surface area contributed by atoms with E-state index in [0.29, 0.717) is 54.9 Å². The van der Waals surface area contributed by atoms with Crippen LogP contribution in [-0.4, -0.2) is 76.7 Å². The fourth-order valence-corrected chi connectivity index (χ4v) is 7.36. The SMILES string of the molecule is CNC(=O)c1ccc2c(c1)CCc1cc(C(=O)NC)ccc1C2(C[C@@H](C)NCC(=O)N1CCC[C@H]1C#N)c1nn(-c2ccc(F)cc2)c(=O)[nH]1. The van der Waals surface area contributed by atoms with E-state index in [1.54, 1.807) is 31.1 Å². The van der Waals surface area contributed by atoms with Crippen molar-refractivity contribution >= 4 is 17.7 Å². The van der Waals surface area contributed by atoms with Crippen LogP contribution in [0.4, 0.5) is 4.39 Å². The molecule has 0 unspecified atom stereocenters. The molecule has 2 atom stereocenters. The number of hydrogen-bond acceptors (Lipinski definition) is 7. The number of aromatic amines is 1. The molecule has 2 heterocycles. The molecule has 3 aromatic carbocycles. The Balaban J connectivity index is 1.53. The Labute approximate surface area is 288 Å². The lowest BCUT2D eigenvalue weighted by Crippen LogP contribution is -2.45. The average Bonchev–Trinajstić information content (AvgIpc) is 3.75. The fraction of sp³-hybridized carbons (Fsp3) is 0.351. The molecule has 12 nitrogen and oxygen atoms in total. The second kappa shape index (κ2) is 14.1. The number of aromatic nitrogens is 3. The van der Waals surface area contributed by atoms with Crippen molar-refractivity contribution in [2.45, 2.75) is 56.5 Å². The summed E-state index contributed by atoms with van der Waals surface area (Å²) in [5, 5.41) is 23.1. The van der Waals surface area contributed by atoms with Crippen molar-refractivity contribution in [3.8, 4) is 11.8 Å². The van der Waals surface area contributed by atoms with E-state index in [9.17, 15) is 28.8 Å². The predicted molar refractivity (Wildman–Crippen MR) is 184 cm³/mol. The summed E-state index contributed by atoms with van der Waals surface area (Å²) in [6.07, 6.45) is 2.78. The van der Waals surface area contributed by atoms with Crippen LogP contribution in [-0.2, 0) is 23.1 Å². The molecule has 3 amide bonds. The predicted octanol–water partition coefficient (Wildman–Crippen LogP) is 2.73. The summed E-state index contributed by atoms with van der Waals surface area (Å²) in [7, 11) is 3.13. The second-order valence-corrected chi connectivity index (χ2v) is 12.8. The van der Waals surface area contributed by atoms with Crippen molar-refractivity contribution in [3.63, 3.8) is 0 Å². The number of aryl methyl sites for hydroxylation is 2. The summed E-state index contributed by atoms with van der Waals surface area (Å²) in [6.45, 7) is 2.47. The van der Waals surface area contributed by atoms with Gasteiger partial charge in [-0.3, -0.25) is 19.4 Å². The van der Waals surface area contributed by atoms with E-state index in [1.165, 1.54) is 28.9 Å². The topological polar surface area (TPSA) is 165 Å². The molecule has 0 bridgehead atoms. The first-order chi connectivity index (χ1) is 24.1. The van der Waals surface area contributed by atoms with Gasteiger partial charge >= 0.3 is 5.69 Å². The number of benzene rings is 3. The summed E-state index contributed by atoms with van der Waals surface area (Å²) in [5.74, 6) is -0.815. The molecular weight excluding hydrogens is 639 g/mol. The number of carbonyl (C=O) groups excluding carboxylic acids is 3. The van der Waals surface area contributed by atoms with E-state index in [-0.39, 0.29) is 30.3 Å². The number of halogens is 1.